The molecule has 21 heavy (non-hydrogen) atoms. The van der Waals surface area contributed by atoms with Crippen molar-refractivity contribution in [2.24, 2.45) is 0 Å². The number of ether oxygens (including phenoxy) is 1. The zero-order valence-electron chi connectivity index (χ0n) is 11.8. The van der Waals surface area contributed by atoms with Crippen LogP contribution in [-0.4, -0.2) is 37.5 Å². The molecule has 6 nitrogen and oxygen atoms in total. The topological polar surface area (TPSA) is 84.5 Å². The lowest BCUT2D eigenvalue weighted by Gasteiger charge is -2.13. The number of halogens is 1. The second-order valence-electron chi connectivity index (χ2n) is 4.27. The summed E-state index contributed by atoms with van der Waals surface area (Å²) in [5, 5.41) is 5.27. The minimum atomic E-state index is -0.642. The van der Waals surface area contributed by atoms with Gasteiger partial charge in [-0.1, -0.05) is 0 Å². The Morgan fingerprint density at radius 2 is 2.10 bits per heavy atom. The van der Waals surface area contributed by atoms with Crippen molar-refractivity contribution in [3.63, 3.8) is 0 Å². The van der Waals surface area contributed by atoms with Crippen molar-refractivity contribution >= 4 is 45.1 Å². The van der Waals surface area contributed by atoms with E-state index in [-0.39, 0.29) is 24.2 Å². The molecule has 0 aliphatic rings. The summed E-state index contributed by atoms with van der Waals surface area (Å²) < 4.78 is 5.35. The van der Waals surface area contributed by atoms with E-state index in [1.54, 1.807) is 19.1 Å². The van der Waals surface area contributed by atoms with Crippen LogP contribution < -0.4 is 10.6 Å². The number of hydrogen-bond acceptors (Lipinski definition) is 5. The predicted molar refractivity (Wildman–Crippen MR) is 83.2 cm³/mol. The number of esters is 1. The van der Waals surface area contributed by atoms with E-state index in [9.17, 15) is 14.4 Å². The van der Waals surface area contributed by atoms with E-state index >= 15 is 0 Å². The van der Waals surface area contributed by atoms with E-state index in [4.69, 9.17) is 0 Å². The van der Waals surface area contributed by atoms with Gasteiger partial charge < -0.3 is 15.4 Å². The molecule has 0 radical (unpaired) electrons. The zero-order valence-corrected chi connectivity index (χ0v) is 14.2. The summed E-state index contributed by atoms with van der Waals surface area (Å²) in [5.74, 6) is -0.888. The van der Waals surface area contributed by atoms with E-state index in [2.05, 4.69) is 31.3 Å². The number of nitrogens with one attached hydrogen (secondary N) is 2. The number of rotatable bonds is 7. The quantitative estimate of drug-likeness (QED) is 0.560. The summed E-state index contributed by atoms with van der Waals surface area (Å²) >= 11 is 4.58. The summed E-state index contributed by atoms with van der Waals surface area (Å²) in [6.07, 6.45) is 0.748. The molecule has 2 N–H and O–H groups in total. The molecule has 0 aliphatic carbocycles. The van der Waals surface area contributed by atoms with Gasteiger partial charge in [-0.05, 0) is 41.4 Å². The maximum absolute atomic E-state index is 11.9. The van der Waals surface area contributed by atoms with Gasteiger partial charge in [0.15, 0.2) is 0 Å². The number of carbonyl (C=O) groups excluding carboxylic acids is 3. The Hall–Kier alpha value is -1.41. The minimum Gasteiger partial charge on any atom is -0.469 e. The highest BCUT2D eigenvalue weighted by molar-refractivity contribution is 9.11. The van der Waals surface area contributed by atoms with Crippen LogP contribution in [0.15, 0.2) is 15.9 Å². The van der Waals surface area contributed by atoms with Crippen molar-refractivity contribution in [2.45, 2.75) is 25.8 Å². The van der Waals surface area contributed by atoms with Crippen LogP contribution in [0, 0.1) is 0 Å². The van der Waals surface area contributed by atoms with Gasteiger partial charge in [-0.15, -0.1) is 11.3 Å². The van der Waals surface area contributed by atoms with E-state index < -0.39 is 6.04 Å². The third-order valence-electron chi connectivity index (χ3n) is 2.62. The van der Waals surface area contributed by atoms with Gasteiger partial charge in [-0.25, -0.2) is 0 Å². The van der Waals surface area contributed by atoms with Crippen LogP contribution in [0.4, 0.5) is 0 Å². The molecule has 1 rings (SSSR count). The maximum atomic E-state index is 11.9. The van der Waals surface area contributed by atoms with Gasteiger partial charge in [0.25, 0.3) is 5.91 Å². The molecule has 0 bridgehead atoms. The summed E-state index contributed by atoms with van der Waals surface area (Å²) in [7, 11) is 1.32. The maximum Gasteiger partial charge on any atom is 0.305 e. The Labute approximate surface area is 135 Å². The molecule has 0 saturated carbocycles. The second kappa shape index (κ2) is 8.78. The van der Waals surface area contributed by atoms with E-state index in [0.29, 0.717) is 17.8 Å². The normalized spacial score (nSPS) is 11.6. The molecule has 1 atom stereocenters. The fourth-order valence-electron chi connectivity index (χ4n) is 1.47. The van der Waals surface area contributed by atoms with Crippen LogP contribution in [0.25, 0.3) is 0 Å². The SMILES string of the molecule is COC(=O)CCCNC(=O)C(C)NC(=O)c1ccc(Br)s1. The van der Waals surface area contributed by atoms with Crippen molar-refractivity contribution in [3.05, 3.63) is 20.8 Å². The van der Waals surface area contributed by atoms with Crippen LogP contribution in [-0.2, 0) is 14.3 Å². The predicted octanol–water partition coefficient (Wildman–Crippen LogP) is 1.70. The van der Waals surface area contributed by atoms with Crippen LogP contribution in [0.5, 0.6) is 0 Å². The molecule has 1 aromatic heterocycles. The second-order valence-corrected chi connectivity index (χ2v) is 6.73. The zero-order chi connectivity index (χ0) is 15.8. The van der Waals surface area contributed by atoms with Crippen LogP contribution in [0.3, 0.4) is 0 Å². The van der Waals surface area contributed by atoms with Gasteiger partial charge in [0.2, 0.25) is 5.91 Å². The highest BCUT2D eigenvalue weighted by Gasteiger charge is 2.17. The molecule has 1 aromatic rings. The van der Waals surface area contributed by atoms with Gasteiger partial charge in [-0.2, -0.15) is 0 Å². The Balaban J connectivity index is 2.31. The molecule has 116 valence electrons. The lowest BCUT2D eigenvalue weighted by atomic mass is 10.2. The first-order chi connectivity index (χ1) is 9.93. The Morgan fingerprint density at radius 3 is 2.67 bits per heavy atom. The molecule has 1 heterocycles. The fraction of sp³-hybridized carbons (Fsp3) is 0.462. The Bertz CT molecular complexity index is 518. The van der Waals surface area contributed by atoms with Gasteiger partial charge in [0.1, 0.15) is 6.04 Å². The van der Waals surface area contributed by atoms with Crippen molar-refractivity contribution < 1.29 is 19.1 Å². The van der Waals surface area contributed by atoms with Gasteiger partial charge in [0, 0.05) is 13.0 Å². The van der Waals surface area contributed by atoms with Crippen molar-refractivity contribution in [2.75, 3.05) is 13.7 Å². The number of hydrogen-bond donors (Lipinski definition) is 2. The molecular weight excluding hydrogens is 360 g/mol. The highest BCUT2D eigenvalue weighted by Crippen LogP contribution is 2.21. The average Bonchev–Trinajstić information content (AvgIpc) is 2.89. The standard InChI is InChI=1S/C13H17BrN2O4S/c1-8(12(18)15-7-3-4-11(17)20-2)16-13(19)9-5-6-10(14)21-9/h5-6,8H,3-4,7H2,1-2H3,(H,15,18)(H,16,19). The molecule has 0 aromatic carbocycles. The largest absolute Gasteiger partial charge is 0.469 e. The first-order valence-corrected chi connectivity index (χ1v) is 7.95. The Morgan fingerprint density at radius 1 is 1.38 bits per heavy atom. The first-order valence-electron chi connectivity index (χ1n) is 6.34. The van der Waals surface area contributed by atoms with E-state index in [1.807, 2.05) is 0 Å². The molecule has 2 amide bonds. The molecule has 1 unspecified atom stereocenters. The average molecular weight is 377 g/mol. The summed E-state index contributed by atoms with van der Waals surface area (Å²) in [6.45, 7) is 1.97. The Kier molecular flexibility index (Phi) is 7.38. The van der Waals surface area contributed by atoms with Gasteiger partial charge in [-0.3, -0.25) is 14.4 Å². The highest BCUT2D eigenvalue weighted by atomic mass is 79.9. The fourth-order valence-corrected chi connectivity index (χ4v) is 2.76. The van der Waals surface area contributed by atoms with Crippen molar-refractivity contribution in [1.82, 2.24) is 10.6 Å². The van der Waals surface area contributed by atoms with Crippen LogP contribution >= 0.6 is 27.3 Å². The lowest BCUT2D eigenvalue weighted by Crippen LogP contribution is -2.44. The number of carbonyl (C=O) groups is 3. The molecule has 8 heteroatoms. The summed E-state index contributed by atoms with van der Waals surface area (Å²) in [6, 6.07) is 2.82. The summed E-state index contributed by atoms with van der Waals surface area (Å²) in [5.41, 5.74) is 0. The number of methoxy groups -OCH3 is 1. The van der Waals surface area contributed by atoms with Gasteiger partial charge >= 0.3 is 5.97 Å². The van der Waals surface area contributed by atoms with Crippen LogP contribution in [0.1, 0.15) is 29.4 Å². The third kappa shape index (κ3) is 6.26. The molecule has 0 fully saturated rings. The molecule has 0 saturated heterocycles. The molecule has 0 spiro atoms. The monoisotopic (exact) mass is 376 g/mol. The van der Waals surface area contributed by atoms with Gasteiger partial charge in [0.05, 0.1) is 15.8 Å². The molecule has 0 aliphatic heterocycles. The minimum absolute atomic E-state index is 0.251. The van der Waals surface area contributed by atoms with Crippen LogP contribution in [0.2, 0.25) is 0 Å². The first kappa shape index (κ1) is 17.6. The third-order valence-corrected chi connectivity index (χ3v) is 4.24. The number of thiophene rings is 1. The molecular formula is C13H17BrN2O4S. The van der Waals surface area contributed by atoms with Crippen molar-refractivity contribution in [3.8, 4) is 0 Å². The van der Waals surface area contributed by atoms with E-state index in [1.165, 1.54) is 18.4 Å². The van der Waals surface area contributed by atoms with Crippen molar-refractivity contribution in [1.29, 1.82) is 0 Å². The summed E-state index contributed by atoms with van der Waals surface area (Å²) in [4.78, 5) is 35.1. The number of amides is 2. The van der Waals surface area contributed by atoms with E-state index in [0.717, 1.165) is 3.79 Å². The lowest BCUT2D eigenvalue weighted by molar-refractivity contribution is -0.140. The smallest absolute Gasteiger partial charge is 0.305 e.